The van der Waals surface area contributed by atoms with Crippen molar-refractivity contribution in [2.24, 2.45) is 5.92 Å². The van der Waals surface area contributed by atoms with Crippen molar-refractivity contribution < 1.29 is 4.42 Å². The van der Waals surface area contributed by atoms with Crippen LogP contribution >= 0.6 is 0 Å². The Labute approximate surface area is 113 Å². The zero-order valence-electron chi connectivity index (χ0n) is 11.2. The van der Waals surface area contributed by atoms with Crippen LogP contribution in [0.1, 0.15) is 12.8 Å². The summed E-state index contributed by atoms with van der Waals surface area (Å²) >= 11 is 0. The molecule has 1 aromatic carbocycles. The van der Waals surface area contributed by atoms with Gasteiger partial charge in [0.1, 0.15) is 0 Å². The molecule has 1 aromatic heterocycles. The van der Waals surface area contributed by atoms with Gasteiger partial charge in [-0.25, -0.2) is 0 Å². The van der Waals surface area contributed by atoms with Gasteiger partial charge >= 0.3 is 0 Å². The number of fused-ring (bicyclic) bond motifs is 1. The van der Waals surface area contributed by atoms with E-state index in [1.807, 2.05) is 6.07 Å². The Balaban J connectivity index is 1.49. The fourth-order valence-corrected chi connectivity index (χ4v) is 3.06. The Bertz CT molecular complexity index is 565. The van der Waals surface area contributed by atoms with E-state index in [9.17, 15) is 0 Å². The number of para-hydroxylation sites is 1. The number of anilines is 1. The van der Waals surface area contributed by atoms with E-state index in [0.717, 1.165) is 24.6 Å². The summed E-state index contributed by atoms with van der Waals surface area (Å²) in [5.74, 6) is 1.00. The molecule has 0 atom stereocenters. The molecule has 2 aromatic rings. The summed E-state index contributed by atoms with van der Waals surface area (Å²) in [5.41, 5.74) is 2.30. The number of nitrogens with zero attached hydrogens (tertiary/aromatic N) is 2. The van der Waals surface area contributed by atoms with E-state index in [4.69, 9.17) is 4.42 Å². The molecule has 3 heteroatoms. The number of piperazine rings is 1. The van der Waals surface area contributed by atoms with Crippen molar-refractivity contribution in [2.45, 2.75) is 12.8 Å². The molecular weight excluding hydrogens is 236 g/mol. The first kappa shape index (κ1) is 11.4. The summed E-state index contributed by atoms with van der Waals surface area (Å²) in [6.45, 7) is 5.93. The number of furan rings is 1. The highest BCUT2D eigenvalue weighted by molar-refractivity contribution is 5.89. The van der Waals surface area contributed by atoms with Crippen LogP contribution in [-0.4, -0.2) is 37.6 Å². The molecule has 19 heavy (non-hydrogen) atoms. The van der Waals surface area contributed by atoms with E-state index in [-0.39, 0.29) is 0 Å². The summed E-state index contributed by atoms with van der Waals surface area (Å²) in [7, 11) is 0. The van der Waals surface area contributed by atoms with Gasteiger partial charge in [0.25, 0.3) is 0 Å². The van der Waals surface area contributed by atoms with E-state index in [0.29, 0.717) is 0 Å². The molecule has 0 amide bonds. The molecule has 0 radical (unpaired) electrons. The Kier molecular flexibility index (Phi) is 2.73. The maximum absolute atomic E-state index is 5.65. The summed E-state index contributed by atoms with van der Waals surface area (Å²) in [5, 5.41) is 1.21. The van der Waals surface area contributed by atoms with E-state index >= 15 is 0 Å². The van der Waals surface area contributed by atoms with Gasteiger partial charge in [-0.05, 0) is 30.9 Å². The van der Waals surface area contributed by atoms with Crippen LogP contribution in [0.3, 0.4) is 0 Å². The normalized spacial score (nSPS) is 21.2. The molecule has 2 fully saturated rings. The van der Waals surface area contributed by atoms with Crippen molar-refractivity contribution in [2.75, 3.05) is 37.6 Å². The van der Waals surface area contributed by atoms with Crippen LogP contribution in [0.15, 0.2) is 34.9 Å². The van der Waals surface area contributed by atoms with Crippen molar-refractivity contribution in [3.63, 3.8) is 0 Å². The first-order valence-electron chi connectivity index (χ1n) is 7.34. The summed E-state index contributed by atoms with van der Waals surface area (Å²) in [6.07, 6.45) is 4.69. The first-order valence-corrected chi connectivity index (χ1v) is 7.34. The van der Waals surface area contributed by atoms with Crippen molar-refractivity contribution in [3.05, 3.63) is 30.5 Å². The lowest BCUT2D eigenvalue weighted by Crippen LogP contribution is -2.47. The molecule has 1 aliphatic heterocycles. The van der Waals surface area contributed by atoms with Crippen LogP contribution in [0.2, 0.25) is 0 Å². The fourth-order valence-electron chi connectivity index (χ4n) is 3.06. The van der Waals surface area contributed by atoms with Gasteiger partial charge in [-0.1, -0.05) is 12.1 Å². The lowest BCUT2D eigenvalue weighted by Gasteiger charge is -2.36. The second-order valence-electron chi connectivity index (χ2n) is 5.85. The van der Waals surface area contributed by atoms with Crippen molar-refractivity contribution >= 4 is 16.7 Å². The van der Waals surface area contributed by atoms with E-state index in [1.165, 1.54) is 43.5 Å². The van der Waals surface area contributed by atoms with Gasteiger partial charge in [0, 0.05) is 38.1 Å². The van der Waals surface area contributed by atoms with Crippen LogP contribution in [0.4, 0.5) is 5.69 Å². The Hall–Kier alpha value is -1.48. The van der Waals surface area contributed by atoms with Gasteiger partial charge in [-0.15, -0.1) is 0 Å². The monoisotopic (exact) mass is 256 g/mol. The van der Waals surface area contributed by atoms with Crippen molar-refractivity contribution in [1.82, 2.24) is 4.90 Å². The van der Waals surface area contributed by atoms with Gasteiger partial charge < -0.3 is 9.32 Å². The topological polar surface area (TPSA) is 19.6 Å². The standard InChI is InChI=1S/C16H20N2O/c1-2-14-6-11-19-16(14)15(3-1)18-9-7-17(8-10-18)12-13-4-5-13/h1-3,6,11,13H,4-5,7-10,12H2. The molecule has 2 heterocycles. The number of rotatable bonds is 3. The quantitative estimate of drug-likeness (QED) is 0.841. The van der Waals surface area contributed by atoms with Crippen molar-refractivity contribution in [1.29, 1.82) is 0 Å². The summed E-state index contributed by atoms with van der Waals surface area (Å²) < 4.78 is 5.65. The summed E-state index contributed by atoms with van der Waals surface area (Å²) in [4.78, 5) is 5.09. The highest BCUT2D eigenvalue weighted by atomic mass is 16.3. The third kappa shape index (κ3) is 2.23. The largest absolute Gasteiger partial charge is 0.462 e. The molecular formula is C16H20N2O. The van der Waals surface area contributed by atoms with Crippen LogP contribution in [0, 0.1) is 5.92 Å². The average molecular weight is 256 g/mol. The maximum Gasteiger partial charge on any atom is 0.157 e. The third-order valence-corrected chi connectivity index (χ3v) is 4.38. The second-order valence-corrected chi connectivity index (χ2v) is 5.85. The highest BCUT2D eigenvalue weighted by Gasteiger charge is 2.26. The number of hydrogen-bond acceptors (Lipinski definition) is 3. The lowest BCUT2D eigenvalue weighted by atomic mass is 10.2. The smallest absolute Gasteiger partial charge is 0.157 e. The van der Waals surface area contributed by atoms with Gasteiger partial charge in [0.15, 0.2) is 5.58 Å². The molecule has 1 saturated heterocycles. The van der Waals surface area contributed by atoms with Crippen LogP contribution in [-0.2, 0) is 0 Å². The molecule has 2 aliphatic rings. The average Bonchev–Trinajstić information content (AvgIpc) is 3.13. The first-order chi connectivity index (χ1) is 9.40. The zero-order chi connectivity index (χ0) is 12.7. The van der Waals surface area contributed by atoms with Crippen LogP contribution < -0.4 is 4.90 Å². The zero-order valence-corrected chi connectivity index (χ0v) is 11.2. The van der Waals surface area contributed by atoms with Gasteiger partial charge in [0.2, 0.25) is 0 Å². The summed E-state index contributed by atoms with van der Waals surface area (Å²) in [6, 6.07) is 8.47. The molecule has 0 unspecified atom stereocenters. The minimum absolute atomic E-state index is 1.00. The van der Waals surface area contributed by atoms with Gasteiger partial charge in [0.05, 0.1) is 12.0 Å². The molecule has 100 valence electrons. The Morgan fingerprint density at radius 2 is 1.89 bits per heavy atom. The number of benzene rings is 1. The van der Waals surface area contributed by atoms with Crippen LogP contribution in [0.25, 0.3) is 11.0 Å². The lowest BCUT2D eigenvalue weighted by molar-refractivity contribution is 0.248. The van der Waals surface area contributed by atoms with Crippen molar-refractivity contribution in [3.8, 4) is 0 Å². The molecule has 4 rings (SSSR count). The third-order valence-electron chi connectivity index (χ3n) is 4.38. The molecule has 0 bridgehead atoms. The molecule has 0 N–H and O–H groups in total. The molecule has 1 saturated carbocycles. The second kappa shape index (κ2) is 4.57. The van der Waals surface area contributed by atoms with E-state index in [1.54, 1.807) is 6.26 Å². The molecule has 1 aliphatic carbocycles. The minimum Gasteiger partial charge on any atom is -0.462 e. The highest BCUT2D eigenvalue weighted by Crippen LogP contribution is 2.31. The van der Waals surface area contributed by atoms with E-state index < -0.39 is 0 Å². The minimum atomic E-state index is 1.00. The predicted octanol–water partition coefficient (Wildman–Crippen LogP) is 2.96. The van der Waals surface area contributed by atoms with Gasteiger partial charge in [-0.3, -0.25) is 4.90 Å². The Morgan fingerprint density at radius 3 is 2.68 bits per heavy atom. The SMILES string of the molecule is c1cc(N2CCN(CC3CC3)CC2)c2occc2c1. The molecule has 3 nitrogen and oxygen atoms in total. The maximum atomic E-state index is 5.65. The Morgan fingerprint density at radius 1 is 1.05 bits per heavy atom. The predicted molar refractivity (Wildman–Crippen MR) is 77.6 cm³/mol. The molecule has 0 spiro atoms. The van der Waals surface area contributed by atoms with E-state index in [2.05, 4.69) is 28.0 Å². The number of hydrogen-bond donors (Lipinski definition) is 0. The van der Waals surface area contributed by atoms with Gasteiger partial charge in [-0.2, -0.15) is 0 Å². The fraction of sp³-hybridized carbons (Fsp3) is 0.500. The van der Waals surface area contributed by atoms with Crippen LogP contribution in [0.5, 0.6) is 0 Å².